The predicted octanol–water partition coefficient (Wildman–Crippen LogP) is 4.30. The third-order valence-electron chi connectivity index (χ3n) is 7.93. The number of hydrogen-bond donors (Lipinski definition) is 2. The van der Waals surface area contributed by atoms with Crippen molar-refractivity contribution < 1.29 is 9.13 Å². The Morgan fingerprint density at radius 3 is 2.51 bits per heavy atom. The smallest absolute Gasteiger partial charge is 0.318 e. The molecule has 0 saturated carbocycles. The molecule has 2 bridgehead atoms. The van der Waals surface area contributed by atoms with Crippen LogP contribution >= 0.6 is 11.6 Å². The van der Waals surface area contributed by atoms with Crippen LogP contribution in [0.15, 0.2) is 30.3 Å². The van der Waals surface area contributed by atoms with E-state index in [1.54, 1.807) is 13.2 Å². The van der Waals surface area contributed by atoms with Gasteiger partial charge in [0, 0.05) is 48.4 Å². The van der Waals surface area contributed by atoms with Gasteiger partial charge in [-0.1, -0.05) is 29.8 Å². The number of nitrogens with one attached hydrogen (secondary N) is 2. The number of nitrogens with zero attached hydrogens (tertiary/aromatic N) is 4. The molecule has 9 heteroatoms. The Bertz CT molecular complexity index is 1270. The van der Waals surface area contributed by atoms with Gasteiger partial charge in [-0.2, -0.15) is 9.97 Å². The average Bonchev–Trinajstić information content (AvgIpc) is 3.63. The summed E-state index contributed by atoms with van der Waals surface area (Å²) < 4.78 is 19.7. The minimum Gasteiger partial charge on any atom is -0.467 e. The number of fused-ring (bicyclic) bond motifs is 4. The van der Waals surface area contributed by atoms with Crippen molar-refractivity contribution in [1.29, 1.82) is 0 Å². The van der Waals surface area contributed by atoms with Crippen molar-refractivity contribution in [3.8, 4) is 6.01 Å². The molecule has 4 aliphatic heterocycles. The maximum absolute atomic E-state index is 14.3. The molecule has 2 N–H and O–H groups in total. The van der Waals surface area contributed by atoms with Crippen molar-refractivity contribution in [1.82, 2.24) is 20.6 Å². The summed E-state index contributed by atoms with van der Waals surface area (Å²) in [4.78, 5) is 14.1. The van der Waals surface area contributed by atoms with Crippen LogP contribution in [0.3, 0.4) is 0 Å². The van der Waals surface area contributed by atoms with Gasteiger partial charge in [0.15, 0.2) is 0 Å². The van der Waals surface area contributed by atoms with Gasteiger partial charge in [-0.15, -0.1) is 0 Å². The van der Waals surface area contributed by atoms with Crippen LogP contribution in [-0.2, 0) is 13.0 Å². The Labute approximate surface area is 222 Å². The second-order valence-corrected chi connectivity index (χ2v) is 10.7. The molecule has 196 valence electrons. The molecule has 2 aromatic carbocycles. The summed E-state index contributed by atoms with van der Waals surface area (Å²) in [5, 5.41) is 8.75. The van der Waals surface area contributed by atoms with Crippen LogP contribution in [0.5, 0.6) is 6.01 Å². The fourth-order valence-electron chi connectivity index (χ4n) is 6.10. The standard InChI is InChI=1S/C24H25ClFN5O.C4H9N/c1-32-24-28-19-13-30(20-4-2-3-14-5-8-18(26)22(25)21(14)20)10-9-17(19)23(29-24)31-11-15-6-7-16(12-31)27-15;1-2-4-5-3-1/h2-5,8,15-16,27H,6-7,9-13H2,1H3;5H,1-4H2. The van der Waals surface area contributed by atoms with Gasteiger partial charge in [0.2, 0.25) is 0 Å². The van der Waals surface area contributed by atoms with Crippen molar-refractivity contribution in [2.45, 2.75) is 50.7 Å². The minimum atomic E-state index is -0.399. The fourth-order valence-corrected chi connectivity index (χ4v) is 6.37. The largest absolute Gasteiger partial charge is 0.467 e. The van der Waals surface area contributed by atoms with Crippen LogP contribution < -0.4 is 25.2 Å². The van der Waals surface area contributed by atoms with E-state index in [1.807, 2.05) is 18.2 Å². The molecule has 0 radical (unpaired) electrons. The number of ether oxygens (including phenoxy) is 1. The van der Waals surface area contributed by atoms with Crippen LogP contribution in [0.2, 0.25) is 5.02 Å². The van der Waals surface area contributed by atoms with Crippen LogP contribution in [0, 0.1) is 5.82 Å². The first-order valence-corrected chi connectivity index (χ1v) is 13.8. The molecule has 3 saturated heterocycles. The summed E-state index contributed by atoms with van der Waals surface area (Å²) in [5.74, 6) is 0.607. The van der Waals surface area contributed by atoms with Crippen molar-refractivity contribution in [3.05, 3.63) is 52.4 Å². The number of hydrogen-bond acceptors (Lipinski definition) is 7. The van der Waals surface area contributed by atoms with Crippen molar-refractivity contribution in [2.75, 3.05) is 49.6 Å². The van der Waals surface area contributed by atoms with Crippen molar-refractivity contribution in [2.24, 2.45) is 0 Å². The number of piperazine rings is 1. The third kappa shape index (κ3) is 4.94. The lowest BCUT2D eigenvalue weighted by Crippen LogP contribution is -2.52. The molecular formula is C28H34ClFN6O. The maximum atomic E-state index is 14.3. The number of methoxy groups -OCH3 is 1. The zero-order valence-corrected chi connectivity index (χ0v) is 22.0. The topological polar surface area (TPSA) is 65.5 Å². The molecule has 2 unspecified atom stereocenters. The molecular weight excluding hydrogens is 491 g/mol. The van der Waals surface area contributed by atoms with E-state index in [2.05, 4.69) is 20.4 Å². The molecule has 0 spiro atoms. The van der Waals surface area contributed by atoms with E-state index in [4.69, 9.17) is 26.3 Å². The first kappa shape index (κ1) is 24.6. The van der Waals surface area contributed by atoms with E-state index in [0.29, 0.717) is 24.6 Å². The Morgan fingerprint density at radius 1 is 1.03 bits per heavy atom. The fraction of sp³-hybridized carbons (Fsp3) is 0.500. The Morgan fingerprint density at radius 2 is 1.81 bits per heavy atom. The minimum absolute atomic E-state index is 0.168. The summed E-state index contributed by atoms with van der Waals surface area (Å²) in [6.07, 6.45) is 6.03. The molecule has 7 rings (SSSR count). The van der Waals surface area contributed by atoms with Crippen LogP contribution in [0.4, 0.5) is 15.9 Å². The van der Waals surface area contributed by atoms with Gasteiger partial charge in [-0.3, -0.25) is 0 Å². The van der Waals surface area contributed by atoms with E-state index in [-0.39, 0.29) is 5.02 Å². The first-order chi connectivity index (χ1) is 18.1. The van der Waals surface area contributed by atoms with E-state index in [1.165, 1.54) is 50.4 Å². The lowest BCUT2D eigenvalue weighted by Gasteiger charge is -2.37. The highest BCUT2D eigenvalue weighted by Crippen LogP contribution is 2.38. The molecule has 1 aromatic heterocycles. The maximum Gasteiger partial charge on any atom is 0.318 e. The molecule has 3 aromatic rings. The highest BCUT2D eigenvalue weighted by atomic mass is 35.5. The zero-order valence-electron chi connectivity index (χ0n) is 21.3. The van der Waals surface area contributed by atoms with E-state index in [9.17, 15) is 4.39 Å². The Kier molecular flexibility index (Phi) is 7.06. The van der Waals surface area contributed by atoms with Crippen LogP contribution in [0.25, 0.3) is 10.8 Å². The molecule has 4 aliphatic rings. The van der Waals surface area contributed by atoms with E-state index < -0.39 is 5.82 Å². The number of aromatic nitrogens is 2. The van der Waals surface area contributed by atoms with Gasteiger partial charge < -0.3 is 25.2 Å². The predicted molar refractivity (Wildman–Crippen MR) is 147 cm³/mol. The van der Waals surface area contributed by atoms with Gasteiger partial charge in [0.25, 0.3) is 0 Å². The third-order valence-corrected chi connectivity index (χ3v) is 8.30. The van der Waals surface area contributed by atoms with Gasteiger partial charge in [0.05, 0.1) is 24.4 Å². The van der Waals surface area contributed by atoms with Crippen LogP contribution in [0.1, 0.15) is 36.9 Å². The monoisotopic (exact) mass is 524 g/mol. The molecule has 7 nitrogen and oxygen atoms in total. The summed E-state index contributed by atoms with van der Waals surface area (Å²) in [6.45, 7) is 5.82. The molecule has 0 amide bonds. The average molecular weight is 525 g/mol. The number of benzene rings is 2. The van der Waals surface area contributed by atoms with E-state index >= 15 is 0 Å². The van der Waals surface area contributed by atoms with Gasteiger partial charge >= 0.3 is 6.01 Å². The first-order valence-electron chi connectivity index (χ1n) is 13.4. The summed E-state index contributed by atoms with van der Waals surface area (Å²) in [5.41, 5.74) is 3.09. The summed E-state index contributed by atoms with van der Waals surface area (Å²) in [7, 11) is 1.61. The van der Waals surface area contributed by atoms with Crippen molar-refractivity contribution >= 4 is 33.9 Å². The summed E-state index contributed by atoms with van der Waals surface area (Å²) >= 11 is 6.40. The highest BCUT2D eigenvalue weighted by molar-refractivity contribution is 6.36. The van der Waals surface area contributed by atoms with Gasteiger partial charge in [-0.25, -0.2) is 4.39 Å². The Balaban J connectivity index is 0.000000453. The van der Waals surface area contributed by atoms with Gasteiger partial charge in [0.1, 0.15) is 11.6 Å². The lowest BCUT2D eigenvalue weighted by molar-refractivity contribution is 0.374. The Hall–Kier alpha value is -2.68. The zero-order chi connectivity index (χ0) is 25.4. The number of halogens is 2. The molecule has 3 fully saturated rings. The second-order valence-electron chi connectivity index (χ2n) is 10.4. The molecule has 5 heterocycles. The molecule has 37 heavy (non-hydrogen) atoms. The molecule has 2 atom stereocenters. The highest BCUT2D eigenvalue weighted by Gasteiger charge is 2.35. The normalized spacial score (nSPS) is 22.6. The van der Waals surface area contributed by atoms with E-state index in [0.717, 1.165) is 54.0 Å². The lowest BCUT2D eigenvalue weighted by atomic mass is 10.0. The van der Waals surface area contributed by atoms with Crippen molar-refractivity contribution in [3.63, 3.8) is 0 Å². The number of rotatable bonds is 3. The summed E-state index contributed by atoms with van der Waals surface area (Å²) in [6, 6.07) is 10.6. The quantitative estimate of drug-likeness (QED) is 0.529. The van der Waals surface area contributed by atoms with Crippen LogP contribution in [-0.4, -0.2) is 61.9 Å². The molecule has 0 aliphatic carbocycles. The number of anilines is 2. The SMILES string of the molecule is C1CCNC1.COc1nc2c(c(N3CC4CCC(C3)N4)n1)CCN(c1cccc3ccc(F)c(Cl)c13)C2. The van der Waals surface area contributed by atoms with Gasteiger partial charge in [-0.05, 0) is 62.7 Å². The second kappa shape index (κ2) is 10.6.